The smallest absolute Gasteiger partial charge is 0.306 e. The van der Waals surface area contributed by atoms with Gasteiger partial charge in [0.25, 0.3) is 0 Å². The lowest BCUT2D eigenvalue weighted by Crippen LogP contribution is -2.08. The Kier molecular flexibility index (Phi) is 4.22. The van der Waals surface area contributed by atoms with Crippen molar-refractivity contribution in [1.82, 2.24) is 9.97 Å². The molecule has 1 N–H and O–H groups in total. The number of rotatable bonds is 5. The number of carbonyl (C=O) groups is 1. The Morgan fingerprint density at radius 2 is 2.19 bits per heavy atom. The van der Waals surface area contributed by atoms with Crippen LogP contribution in [0.5, 0.6) is 5.88 Å². The van der Waals surface area contributed by atoms with Gasteiger partial charge >= 0.3 is 5.97 Å². The summed E-state index contributed by atoms with van der Waals surface area (Å²) in [4.78, 5) is 18.8. The molecule has 0 aliphatic rings. The Bertz CT molecular complexity index is 377. The fourth-order valence-electron chi connectivity index (χ4n) is 1.14. The highest BCUT2D eigenvalue weighted by molar-refractivity contribution is 5.66. The minimum Gasteiger partial charge on any atom is -0.481 e. The second-order valence-corrected chi connectivity index (χ2v) is 3.85. The molecular formula is C11H16N2O3. The van der Waals surface area contributed by atoms with E-state index in [1.165, 1.54) is 0 Å². The summed E-state index contributed by atoms with van der Waals surface area (Å²) in [6.07, 6.45) is -0.0277. The molecule has 0 aliphatic carbocycles. The second-order valence-electron chi connectivity index (χ2n) is 3.85. The SMILES string of the molecule is Cc1cc(OCCC(=O)O)nc(C(C)C)n1. The number of carboxylic acids is 1. The summed E-state index contributed by atoms with van der Waals surface area (Å²) < 4.78 is 5.26. The summed E-state index contributed by atoms with van der Waals surface area (Å²) in [6.45, 7) is 5.98. The Morgan fingerprint density at radius 3 is 2.75 bits per heavy atom. The molecule has 0 aliphatic heterocycles. The first kappa shape index (κ1) is 12.4. The molecule has 0 bridgehead atoms. The Morgan fingerprint density at radius 1 is 1.50 bits per heavy atom. The van der Waals surface area contributed by atoms with E-state index in [0.29, 0.717) is 11.7 Å². The standard InChI is InChI=1S/C11H16N2O3/c1-7(2)11-12-8(3)6-9(13-11)16-5-4-10(14)15/h6-7H,4-5H2,1-3H3,(H,14,15). The average Bonchev–Trinajstić information content (AvgIpc) is 2.16. The molecule has 5 heteroatoms. The highest BCUT2D eigenvalue weighted by Crippen LogP contribution is 2.15. The lowest BCUT2D eigenvalue weighted by molar-refractivity contribution is -0.137. The maximum Gasteiger partial charge on any atom is 0.306 e. The van der Waals surface area contributed by atoms with Crippen molar-refractivity contribution in [2.75, 3.05) is 6.61 Å². The van der Waals surface area contributed by atoms with Gasteiger partial charge in [0.15, 0.2) is 0 Å². The van der Waals surface area contributed by atoms with E-state index in [9.17, 15) is 4.79 Å². The Balaban J connectivity index is 2.69. The van der Waals surface area contributed by atoms with Gasteiger partial charge < -0.3 is 9.84 Å². The molecule has 5 nitrogen and oxygen atoms in total. The van der Waals surface area contributed by atoms with Crippen LogP contribution >= 0.6 is 0 Å². The molecule has 0 fully saturated rings. The molecule has 0 aromatic carbocycles. The number of carboxylic acid groups (broad SMARTS) is 1. The lowest BCUT2D eigenvalue weighted by Gasteiger charge is -2.08. The van der Waals surface area contributed by atoms with E-state index in [1.54, 1.807) is 6.07 Å². The molecule has 0 saturated carbocycles. The third-order valence-electron chi connectivity index (χ3n) is 1.93. The quantitative estimate of drug-likeness (QED) is 0.825. The van der Waals surface area contributed by atoms with Crippen molar-refractivity contribution < 1.29 is 14.6 Å². The third kappa shape index (κ3) is 3.84. The molecular weight excluding hydrogens is 208 g/mol. The maximum atomic E-state index is 10.3. The van der Waals surface area contributed by atoms with Crippen molar-refractivity contribution in [3.8, 4) is 5.88 Å². The van der Waals surface area contributed by atoms with E-state index >= 15 is 0 Å². The molecule has 0 atom stereocenters. The summed E-state index contributed by atoms with van der Waals surface area (Å²) in [5, 5.41) is 8.48. The van der Waals surface area contributed by atoms with Crippen molar-refractivity contribution in [2.24, 2.45) is 0 Å². The van der Waals surface area contributed by atoms with Gasteiger partial charge in [0.2, 0.25) is 5.88 Å². The minimum absolute atomic E-state index is 0.0277. The largest absolute Gasteiger partial charge is 0.481 e. The normalized spacial score (nSPS) is 10.5. The van der Waals surface area contributed by atoms with Gasteiger partial charge in [0.1, 0.15) is 12.4 Å². The minimum atomic E-state index is -0.880. The Labute approximate surface area is 94.5 Å². The lowest BCUT2D eigenvalue weighted by atomic mass is 10.2. The Hall–Kier alpha value is -1.65. The van der Waals surface area contributed by atoms with E-state index in [0.717, 1.165) is 5.69 Å². The van der Waals surface area contributed by atoms with Crippen molar-refractivity contribution in [3.05, 3.63) is 17.6 Å². The monoisotopic (exact) mass is 224 g/mol. The molecule has 1 rings (SSSR count). The van der Waals surface area contributed by atoms with Crippen LogP contribution in [0, 0.1) is 6.92 Å². The summed E-state index contributed by atoms with van der Waals surface area (Å²) in [5.74, 6) is 0.499. The van der Waals surface area contributed by atoms with Crippen LogP contribution in [0.2, 0.25) is 0 Å². The van der Waals surface area contributed by atoms with Gasteiger partial charge in [-0.3, -0.25) is 4.79 Å². The predicted molar refractivity (Wildman–Crippen MR) is 58.6 cm³/mol. The fourth-order valence-corrected chi connectivity index (χ4v) is 1.14. The van der Waals surface area contributed by atoms with Crippen molar-refractivity contribution in [1.29, 1.82) is 0 Å². The molecule has 88 valence electrons. The van der Waals surface area contributed by atoms with Crippen molar-refractivity contribution >= 4 is 5.97 Å². The number of hydrogen-bond acceptors (Lipinski definition) is 4. The molecule has 1 aromatic heterocycles. The average molecular weight is 224 g/mol. The predicted octanol–water partition coefficient (Wildman–Crippen LogP) is 1.76. The van der Waals surface area contributed by atoms with Crippen LogP contribution in [0.15, 0.2) is 6.07 Å². The van der Waals surface area contributed by atoms with Crippen LogP contribution in [0.4, 0.5) is 0 Å². The number of aliphatic carboxylic acids is 1. The van der Waals surface area contributed by atoms with Crippen LogP contribution < -0.4 is 4.74 Å². The first-order chi connectivity index (χ1) is 7.49. The second kappa shape index (κ2) is 5.44. The van der Waals surface area contributed by atoms with Crippen molar-refractivity contribution in [2.45, 2.75) is 33.1 Å². The molecule has 0 unspecified atom stereocenters. The van der Waals surface area contributed by atoms with E-state index in [-0.39, 0.29) is 18.9 Å². The van der Waals surface area contributed by atoms with Gasteiger partial charge in [-0.2, -0.15) is 4.98 Å². The maximum absolute atomic E-state index is 10.3. The zero-order chi connectivity index (χ0) is 12.1. The number of nitrogens with zero attached hydrogens (tertiary/aromatic N) is 2. The van der Waals surface area contributed by atoms with E-state index in [1.807, 2.05) is 20.8 Å². The number of ether oxygens (including phenoxy) is 1. The van der Waals surface area contributed by atoms with Gasteiger partial charge in [-0.05, 0) is 6.92 Å². The molecule has 1 heterocycles. The van der Waals surface area contributed by atoms with E-state index < -0.39 is 5.97 Å². The van der Waals surface area contributed by atoms with Gasteiger partial charge in [-0.25, -0.2) is 4.98 Å². The topological polar surface area (TPSA) is 72.3 Å². The number of hydrogen-bond donors (Lipinski definition) is 1. The van der Waals surface area contributed by atoms with Gasteiger partial charge in [0, 0.05) is 17.7 Å². The van der Waals surface area contributed by atoms with E-state index in [4.69, 9.17) is 9.84 Å². The van der Waals surface area contributed by atoms with Crippen LogP contribution in [0.25, 0.3) is 0 Å². The molecule has 0 amide bonds. The summed E-state index contributed by atoms with van der Waals surface area (Å²) >= 11 is 0. The van der Waals surface area contributed by atoms with Gasteiger partial charge in [-0.15, -0.1) is 0 Å². The molecule has 16 heavy (non-hydrogen) atoms. The van der Waals surface area contributed by atoms with Crippen LogP contribution in [0.3, 0.4) is 0 Å². The summed E-state index contributed by atoms with van der Waals surface area (Å²) in [6, 6.07) is 1.70. The van der Waals surface area contributed by atoms with Crippen LogP contribution in [-0.4, -0.2) is 27.7 Å². The van der Waals surface area contributed by atoms with E-state index in [2.05, 4.69) is 9.97 Å². The molecule has 1 aromatic rings. The van der Waals surface area contributed by atoms with Crippen LogP contribution in [-0.2, 0) is 4.79 Å². The van der Waals surface area contributed by atoms with Crippen molar-refractivity contribution in [3.63, 3.8) is 0 Å². The molecule has 0 spiro atoms. The summed E-state index contributed by atoms with van der Waals surface area (Å²) in [7, 11) is 0. The first-order valence-corrected chi connectivity index (χ1v) is 5.19. The highest BCUT2D eigenvalue weighted by atomic mass is 16.5. The highest BCUT2D eigenvalue weighted by Gasteiger charge is 2.07. The first-order valence-electron chi connectivity index (χ1n) is 5.19. The number of aromatic nitrogens is 2. The third-order valence-corrected chi connectivity index (χ3v) is 1.93. The molecule has 0 radical (unpaired) electrons. The fraction of sp³-hybridized carbons (Fsp3) is 0.545. The zero-order valence-corrected chi connectivity index (χ0v) is 9.73. The van der Waals surface area contributed by atoms with Crippen LogP contribution in [0.1, 0.15) is 37.7 Å². The van der Waals surface area contributed by atoms with Gasteiger partial charge in [0.05, 0.1) is 6.42 Å². The van der Waals surface area contributed by atoms with Gasteiger partial charge in [-0.1, -0.05) is 13.8 Å². The molecule has 0 saturated heterocycles. The zero-order valence-electron chi connectivity index (χ0n) is 9.73. The summed E-state index contributed by atoms with van der Waals surface area (Å²) in [5.41, 5.74) is 0.823. The number of aryl methyl sites for hydroxylation is 1.